The van der Waals surface area contributed by atoms with Gasteiger partial charge >= 0.3 is 5.69 Å². The van der Waals surface area contributed by atoms with Crippen molar-refractivity contribution >= 4 is 34.6 Å². The lowest BCUT2D eigenvalue weighted by Crippen LogP contribution is -2.02. The molecule has 0 unspecified atom stereocenters. The predicted molar refractivity (Wildman–Crippen MR) is 81.7 cm³/mol. The summed E-state index contributed by atoms with van der Waals surface area (Å²) in [4.78, 5) is 14.7. The summed E-state index contributed by atoms with van der Waals surface area (Å²) in [6.07, 6.45) is 0. The van der Waals surface area contributed by atoms with Gasteiger partial charge in [-0.25, -0.2) is 4.98 Å². The van der Waals surface area contributed by atoms with E-state index >= 15 is 0 Å². The van der Waals surface area contributed by atoms with Crippen LogP contribution in [0.5, 0.6) is 5.75 Å². The van der Waals surface area contributed by atoms with E-state index < -0.39 is 4.92 Å². The minimum Gasteiger partial charge on any atom is -0.497 e. The molecule has 1 aromatic carbocycles. The third kappa shape index (κ3) is 3.32. The van der Waals surface area contributed by atoms with E-state index in [4.69, 9.17) is 16.3 Å². The van der Waals surface area contributed by atoms with E-state index in [1.54, 1.807) is 25.2 Å². The first-order valence-corrected chi connectivity index (χ1v) is 6.36. The molecule has 7 nitrogen and oxygen atoms in total. The minimum absolute atomic E-state index is 0.0991. The summed E-state index contributed by atoms with van der Waals surface area (Å²) in [7, 11) is 3.20. The molecular formula is C13H13ClN4O3. The van der Waals surface area contributed by atoms with Crippen LogP contribution in [-0.4, -0.2) is 24.1 Å². The maximum absolute atomic E-state index is 11.1. The van der Waals surface area contributed by atoms with Gasteiger partial charge in [-0.1, -0.05) is 11.6 Å². The fourth-order valence-corrected chi connectivity index (χ4v) is 1.85. The Kier molecular flexibility index (Phi) is 4.44. The molecule has 110 valence electrons. The third-order valence-corrected chi connectivity index (χ3v) is 3.08. The molecule has 8 heteroatoms. The number of benzene rings is 1. The highest BCUT2D eigenvalue weighted by Crippen LogP contribution is 2.32. The van der Waals surface area contributed by atoms with E-state index in [1.165, 1.54) is 19.2 Å². The Labute approximate surface area is 126 Å². The largest absolute Gasteiger partial charge is 0.497 e. The van der Waals surface area contributed by atoms with Gasteiger partial charge < -0.3 is 15.4 Å². The van der Waals surface area contributed by atoms with E-state index in [0.717, 1.165) is 0 Å². The van der Waals surface area contributed by atoms with Crippen molar-refractivity contribution in [2.45, 2.75) is 0 Å². The van der Waals surface area contributed by atoms with Crippen LogP contribution in [0.4, 0.5) is 23.0 Å². The van der Waals surface area contributed by atoms with Gasteiger partial charge in [-0.05, 0) is 18.2 Å². The standard InChI is InChI=1S/C13H13ClN4O3/c1-15-12-6-5-11(18(19)20)13(17-12)16-10-7-8(21-2)3-4-9(10)14/h3-7H,1-2H3,(H2,15,16,17). The van der Waals surface area contributed by atoms with Gasteiger partial charge in [0.2, 0.25) is 5.82 Å². The number of nitrogens with zero attached hydrogens (tertiary/aromatic N) is 2. The van der Waals surface area contributed by atoms with Crippen molar-refractivity contribution in [1.29, 1.82) is 0 Å². The van der Waals surface area contributed by atoms with Crippen molar-refractivity contribution in [3.05, 3.63) is 45.5 Å². The molecule has 21 heavy (non-hydrogen) atoms. The molecule has 0 bridgehead atoms. The fraction of sp³-hybridized carbons (Fsp3) is 0.154. The van der Waals surface area contributed by atoms with Crippen molar-refractivity contribution in [2.75, 3.05) is 24.8 Å². The number of ether oxygens (including phenoxy) is 1. The molecule has 0 aliphatic carbocycles. The molecule has 2 N–H and O–H groups in total. The first-order chi connectivity index (χ1) is 10.0. The van der Waals surface area contributed by atoms with Gasteiger partial charge in [0.25, 0.3) is 0 Å². The zero-order valence-corrected chi connectivity index (χ0v) is 12.1. The van der Waals surface area contributed by atoms with Gasteiger partial charge in [0, 0.05) is 19.2 Å². The molecule has 1 aromatic heterocycles. The number of anilines is 3. The predicted octanol–water partition coefficient (Wildman–Crippen LogP) is 3.44. The van der Waals surface area contributed by atoms with Crippen molar-refractivity contribution in [1.82, 2.24) is 4.98 Å². The van der Waals surface area contributed by atoms with Crippen molar-refractivity contribution < 1.29 is 9.66 Å². The highest BCUT2D eigenvalue weighted by Gasteiger charge is 2.17. The van der Waals surface area contributed by atoms with Crippen molar-refractivity contribution in [3.63, 3.8) is 0 Å². The number of hydrogen-bond acceptors (Lipinski definition) is 6. The molecule has 2 rings (SSSR count). The number of nitrogens with one attached hydrogen (secondary N) is 2. The SMILES string of the molecule is CNc1ccc([N+](=O)[O-])c(Nc2cc(OC)ccc2Cl)n1. The Bertz CT molecular complexity index is 678. The second-order valence-electron chi connectivity index (χ2n) is 4.04. The van der Waals surface area contributed by atoms with Gasteiger partial charge in [0.05, 0.1) is 22.7 Å². The van der Waals surface area contributed by atoms with Crippen LogP contribution in [0.3, 0.4) is 0 Å². The maximum atomic E-state index is 11.1. The van der Waals surface area contributed by atoms with E-state index in [-0.39, 0.29) is 11.5 Å². The lowest BCUT2D eigenvalue weighted by Gasteiger charge is -2.10. The van der Waals surface area contributed by atoms with Crippen LogP contribution in [0.15, 0.2) is 30.3 Å². The van der Waals surface area contributed by atoms with Crippen LogP contribution in [-0.2, 0) is 0 Å². The van der Waals surface area contributed by atoms with Gasteiger partial charge in [0.15, 0.2) is 0 Å². The topological polar surface area (TPSA) is 89.3 Å². The molecule has 0 saturated heterocycles. The Morgan fingerprint density at radius 2 is 2.10 bits per heavy atom. The molecule has 0 aliphatic heterocycles. The van der Waals surface area contributed by atoms with Crippen LogP contribution >= 0.6 is 11.6 Å². The normalized spacial score (nSPS) is 10.0. The zero-order valence-electron chi connectivity index (χ0n) is 11.4. The van der Waals surface area contributed by atoms with Gasteiger partial charge in [-0.15, -0.1) is 0 Å². The summed E-state index contributed by atoms with van der Waals surface area (Å²) in [5, 5.41) is 17.2. The zero-order chi connectivity index (χ0) is 15.4. The van der Waals surface area contributed by atoms with Gasteiger partial charge in [-0.3, -0.25) is 10.1 Å². The molecule has 0 aliphatic rings. The van der Waals surface area contributed by atoms with E-state index in [1.807, 2.05) is 0 Å². The number of methoxy groups -OCH3 is 1. The molecule has 0 spiro atoms. The summed E-state index contributed by atoms with van der Waals surface area (Å²) >= 11 is 6.08. The Morgan fingerprint density at radius 1 is 1.33 bits per heavy atom. The number of halogens is 1. The molecular weight excluding hydrogens is 296 g/mol. The summed E-state index contributed by atoms with van der Waals surface area (Å²) in [5.41, 5.74) is 0.327. The molecule has 0 amide bonds. The number of aromatic nitrogens is 1. The number of rotatable bonds is 5. The molecule has 1 heterocycles. The summed E-state index contributed by atoms with van der Waals surface area (Å²) < 4.78 is 5.10. The van der Waals surface area contributed by atoms with Crippen LogP contribution in [0.25, 0.3) is 0 Å². The van der Waals surface area contributed by atoms with E-state index in [2.05, 4.69) is 15.6 Å². The molecule has 0 atom stereocenters. The quantitative estimate of drug-likeness (QED) is 0.649. The van der Waals surface area contributed by atoms with Crippen molar-refractivity contribution in [2.24, 2.45) is 0 Å². The average molecular weight is 309 g/mol. The van der Waals surface area contributed by atoms with Gasteiger partial charge in [0.1, 0.15) is 11.6 Å². The molecule has 0 radical (unpaired) electrons. The minimum atomic E-state index is -0.511. The monoisotopic (exact) mass is 308 g/mol. The second kappa shape index (κ2) is 6.27. The number of nitro groups is 1. The van der Waals surface area contributed by atoms with Gasteiger partial charge in [-0.2, -0.15) is 0 Å². The third-order valence-electron chi connectivity index (χ3n) is 2.75. The Morgan fingerprint density at radius 3 is 2.71 bits per heavy atom. The molecule has 0 fully saturated rings. The average Bonchev–Trinajstić information content (AvgIpc) is 2.49. The first kappa shape index (κ1) is 14.9. The fourth-order valence-electron chi connectivity index (χ4n) is 1.69. The van der Waals surface area contributed by atoms with Crippen molar-refractivity contribution in [3.8, 4) is 5.75 Å². The number of hydrogen-bond donors (Lipinski definition) is 2. The van der Waals surface area contributed by atoms with Crippen LogP contribution < -0.4 is 15.4 Å². The van der Waals surface area contributed by atoms with Crippen LogP contribution in [0, 0.1) is 10.1 Å². The second-order valence-corrected chi connectivity index (χ2v) is 4.45. The Balaban J connectivity index is 2.44. The summed E-state index contributed by atoms with van der Waals surface area (Å²) in [6.45, 7) is 0. The molecule has 2 aromatic rings. The maximum Gasteiger partial charge on any atom is 0.311 e. The number of pyridine rings is 1. The lowest BCUT2D eigenvalue weighted by molar-refractivity contribution is -0.384. The lowest BCUT2D eigenvalue weighted by atomic mass is 10.3. The van der Waals surface area contributed by atoms with E-state index in [9.17, 15) is 10.1 Å². The van der Waals surface area contributed by atoms with Crippen LogP contribution in [0.1, 0.15) is 0 Å². The highest BCUT2D eigenvalue weighted by atomic mass is 35.5. The van der Waals surface area contributed by atoms with Crippen LogP contribution in [0.2, 0.25) is 5.02 Å². The van der Waals surface area contributed by atoms with E-state index in [0.29, 0.717) is 22.3 Å². The first-order valence-electron chi connectivity index (χ1n) is 5.99. The Hall–Kier alpha value is -2.54. The summed E-state index contributed by atoms with van der Waals surface area (Å²) in [6, 6.07) is 7.86. The highest BCUT2D eigenvalue weighted by molar-refractivity contribution is 6.33. The smallest absolute Gasteiger partial charge is 0.311 e. The summed E-state index contributed by atoms with van der Waals surface area (Å²) in [5.74, 6) is 1.18. The molecule has 0 saturated carbocycles.